The third-order valence-corrected chi connectivity index (χ3v) is 11.1. The molecular weight excluding hydrogens is 754 g/mol. The molecule has 328 valence electrons. The Hall–Kier alpha value is -4.58. The summed E-state index contributed by atoms with van der Waals surface area (Å²) >= 11 is 0. The first kappa shape index (κ1) is 49.6. The number of hydrogen-bond acceptors (Lipinski definition) is 10. The Kier molecular flexibility index (Phi) is 21.4. The van der Waals surface area contributed by atoms with Gasteiger partial charge in [0.25, 0.3) is 11.8 Å². The van der Waals surface area contributed by atoms with Gasteiger partial charge in [-0.15, -0.1) is 0 Å². The molecule has 18 nitrogen and oxygen atoms in total. The number of imide groups is 1. The maximum atomic E-state index is 13.9. The average molecular weight is 822 g/mol. The smallest absolute Gasteiger partial charge is 0.322 e. The van der Waals surface area contributed by atoms with Gasteiger partial charge < -0.3 is 45.2 Å². The lowest BCUT2D eigenvalue weighted by Crippen LogP contribution is -2.55. The monoisotopic (exact) mass is 821 g/mol. The first-order chi connectivity index (χ1) is 27.5. The number of hydrogen-bond donors (Lipinski definition) is 4. The van der Waals surface area contributed by atoms with Crippen LogP contribution in [0.4, 0.5) is 4.79 Å². The molecule has 18 heteroatoms. The van der Waals surface area contributed by atoms with E-state index in [2.05, 4.69) is 16.0 Å². The van der Waals surface area contributed by atoms with Gasteiger partial charge in [-0.1, -0.05) is 33.6 Å². The SMILES string of the molecule is CCC(C)C(C(CC(=O)N1CCCC1C(OC)C(C)C(=O)NCC(=O)O)OC)N(C)C(=O)CNC(=O)N(CCCNC(=O)CCCCCN1C(=O)C=CC1=O)C(C)C. The van der Waals surface area contributed by atoms with Crippen molar-refractivity contribution in [2.24, 2.45) is 11.8 Å². The predicted octanol–water partition coefficient (Wildman–Crippen LogP) is 1.52. The second-order valence-corrected chi connectivity index (χ2v) is 15.4. The summed E-state index contributed by atoms with van der Waals surface area (Å²) in [5.74, 6) is -3.78. The Labute approximate surface area is 342 Å². The Bertz CT molecular complexity index is 1440. The van der Waals surface area contributed by atoms with Gasteiger partial charge in [0.15, 0.2) is 0 Å². The molecule has 6 unspecified atom stereocenters. The van der Waals surface area contributed by atoms with Gasteiger partial charge in [-0.05, 0) is 51.9 Å². The lowest BCUT2D eigenvalue weighted by molar-refractivity contribution is -0.146. The molecule has 2 heterocycles. The average Bonchev–Trinajstić information content (AvgIpc) is 3.80. The molecular formula is C40H67N7O11. The number of urea groups is 1. The van der Waals surface area contributed by atoms with E-state index < -0.39 is 54.7 Å². The minimum Gasteiger partial charge on any atom is -0.480 e. The van der Waals surface area contributed by atoms with Gasteiger partial charge in [0, 0.05) is 72.1 Å². The van der Waals surface area contributed by atoms with Gasteiger partial charge in [0.1, 0.15) is 6.54 Å². The van der Waals surface area contributed by atoms with Gasteiger partial charge in [-0.2, -0.15) is 0 Å². The van der Waals surface area contributed by atoms with Gasteiger partial charge in [0.2, 0.25) is 23.6 Å². The van der Waals surface area contributed by atoms with E-state index >= 15 is 0 Å². The number of rotatable bonds is 26. The summed E-state index contributed by atoms with van der Waals surface area (Å²) in [5.41, 5.74) is 0. The third-order valence-electron chi connectivity index (χ3n) is 11.1. The number of methoxy groups -OCH3 is 2. The number of aliphatic carboxylic acids is 1. The number of amides is 8. The van der Waals surface area contributed by atoms with E-state index in [0.29, 0.717) is 77.5 Å². The quantitative estimate of drug-likeness (QED) is 0.0723. The van der Waals surface area contributed by atoms with E-state index in [9.17, 15) is 38.4 Å². The summed E-state index contributed by atoms with van der Waals surface area (Å²) in [6.45, 7) is 9.99. The Balaban J connectivity index is 1.91. The maximum absolute atomic E-state index is 13.9. The van der Waals surface area contributed by atoms with Gasteiger partial charge in [0.05, 0.1) is 43.2 Å². The van der Waals surface area contributed by atoms with Crippen LogP contribution in [-0.4, -0.2) is 163 Å². The molecule has 0 radical (unpaired) electrons. The number of carbonyl (C=O) groups is 8. The molecule has 6 atom stereocenters. The zero-order valence-electron chi connectivity index (χ0n) is 35.6. The van der Waals surface area contributed by atoms with Crippen LogP contribution in [0.1, 0.15) is 92.4 Å². The van der Waals surface area contributed by atoms with Gasteiger partial charge in [-0.3, -0.25) is 38.5 Å². The Morgan fingerprint density at radius 3 is 2.17 bits per heavy atom. The summed E-state index contributed by atoms with van der Waals surface area (Å²) in [4.78, 5) is 106. The number of carboxylic acid groups (broad SMARTS) is 1. The van der Waals surface area contributed by atoms with Crippen molar-refractivity contribution < 1.29 is 52.9 Å². The van der Waals surface area contributed by atoms with E-state index in [4.69, 9.17) is 14.6 Å². The summed E-state index contributed by atoms with van der Waals surface area (Å²) in [6.07, 6.45) is 5.82. The van der Waals surface area contributed by atoms with Crippen molar-refractivity contribution in [2.45, 2.75) is 123 Å². The molecule has 0 aromatic heterocycles. The standard InChI is InChI=1S/C40H67N7O11/c1-9-27(4)37(30(57-7)23-34(51)46-21-13-15-29(46)38(58-8)28(5)39(55)42-25-36(53)54)44(6)35(52)24-43-40(56)45(26(2)3)22-14-19-41-31(48)16-11-10-12-20-47-32(49)17-18-33(47)50/h17-18,26-30,37-38H,9-16,19-25H2,1-8H3,(H,41,48)(H,42,55)(H,43,56)(H,53,54). The molecule has 0 spiro atoms. The van der Waals surface area contributed by atoms with Crippen molar-refractivity contribution in [3.05, 3.63) is 12.2 Å². The fourth-order valence-corrected chi connectivity index (χ4v) is 7.57. The number of unbranched alkanes of at least 4 members (excludes halogenated alkanes) is 2. The molecule has 2 aliphatic rings. The fourth-order valence-electron chi connectivity index (χ4n) is 7.57. The van der Waals surface area contributed by atoms with E-state index in [-0.39, 0.29) is 54.5 Å². The molecule has 2 aliphatic heterocycles. The summed E-state index contributed by atoms with van der Waals surface area (Å²) in [6, 6.07) is -1.53. The van der Waals surface area contributed by atoms with Crippen LogP contribution in [0.25, 0.3) is 0 Å². The van der Waals surface area contributed by atoms with Gasteiger partial charge >= 0.3 is 12.0 Å². The van der Waals surface area contributed by atoms with Crippen molar-refractivity contribution in [3.8, 4) is 0 Å². The second kappa shape index (κ2) is 25.0. The van der Waals surface area contributed by atoms with Crippen LogP contribution in [0.5, 0.6) is 0 Å². The highest BCUT2D eigenvalue weighted by Crippen LogP contribution is 2.29. The van der Waals surface area contributed by atoms with Gasteiger partial charge in [-0.25, -0.2) is 4.79 Å². The van der Waals surface area contributed by atoms with E-state index in [1.54, 1.807) is 23.8 Å². The molecule has 0 aromatic carbocycles. The predicted molar refractivity (Wildman–Crippen MR) is 214 cm³/mol. The molecule has 2 rings (SSSR count). The Morgan fingerprint density at radius 1 is 0.914 bits per heavy atom. The minimum absolute atomic E-state index is 0.0410. The number of nitrogens with one attached hydrogen (secondary N) is 3. The van der Waals surface area contributed by atoms with Crippen molar-refractivity contribution in [3.63, 3.8) is 0 Å². The number of carbonyl (C=O) groups excluding carboxylic acids is 7. The summed E-state index contributed by atoms with van der Waals surface area (Å²) in [7, 11) is 4.59. The number of likely N-dealkylation sites (tertiary alicyclic amines) is 1. The molecule has 0 bridgehead atoms. The largest absolute Gasteiger partial charge is 0.480 e. The molecule has 0 saturated carbocycles. The highest BCUT2D eigenvalue weighted by Gasteiger charge is 2.42. The van der Waals surface area contributed by atoms with Crippen LogP contribution >= 0.6 is 0 Å². The summed E-state index contributed by atoms with van der Waals surface area (Å²) in [5, 5.41) is 17.0. The second-order valence-electron chi connectivity index (χ2n) is 15.4. The zero-order valence-corrected chi connectivity index (χ0v) is 35.6. The number of likely N-dealkylation sites (N-methyl/N-ethyl adjacent to an activating group) is 1. The lowest BCUT2D eigenvalue weighted by atomic mass is 9.90. The molecule has 1 saturated heterocycles. The highest BCUT2D eigenvalue weighted by atomic mass is 16.5. The van der Waals surface area contributed by atoms with Crippen molar-refractivity contribution in [1.82, 2.24) is 35.6 Å². The molecule has 4 N–H and O–H groups in total. The van der Waals surface area contributed by atoms with Crippen LogP contribution in [0.2, 0.25) is 0 Å². The zero-order chi connectivity index (χ0) is 43.5. The van der Waals surface area contributed by atoms with E-state index in [0.717, 1.165) is 0 Å². The summed E-state index contributed by atoms with van der Waals surface area (Å²) < 4.78 is 11.6. The molecule has 0 aliphatic carbocycles. The minimum atomic E-state index is -1.17. The van der Waals surface area contributed by atoms with Crippen molar-refractivity contribution in [1.29, 1.82) is 0 Å². The van der Waals surface area contributed by atoms with Crippen molar-refractivity contribution in [2.75, 3.05) is 60.5 Å². The van der Waals surface area contributed by atoms with Crippen LogP contribution < -0.4 is 16.0 Å². The molecule has 0 aromatic rings. The fraction of sp³-hybridized carbons (Fsp3) is 0.750. The van der Waals surface area contributed by atoms with Crippen LogP contribution in [-0.2, 0) is 43.0 Å². The maximum Gasteiger partial charge on any atom is 0.322 e. The molecule has 58 heavy (non-hydrogen) atoms. The first-order valence-electron chi connectivity index (χ1n) is 20.4. The topological polar surface area (TPSA) is 224 Å². The normalized spacial score (nSPS) is 17.8. The van der Waals surface area contributed by atoms with Crippen LogP contribution in [0.3, 0.4) is 0 Å². The van der Waals surface area contributed by atoms with Crippen LogP contribution in [0, 0.1) is 11.8 Å². The highest BCUT2D eigenvalue weighted by molar-refractivity contribution is 6.12. The number of ether oxygens (including phenoxy) is 2. The number of nitrogens with zero attached hydrogens (tertiary/aromatic N) is 4. The molecule has 8 amide bonds. The number of carboxylic acids is 1. The van der Waals surface area contributed by atoms with Crippen molar-refractivity contribution >= 4 is 47.4 Å². The third kappa shape index (κ3) is 15.0. The van der Waals surface area contributed by atoms with E-state index in [1.807, 2.05) is 27.7 Å². The Morgan fingerprint density at radius 2 is 1.59 bits per heavy atom. The van der Waals surface area contributed by atoms with Crippen LogP contribution in [0.15, 0.2) is 12.2 Å². The first-order valence-corrected chi connectivity index (χ1v) is 20.4. The lowest BCUT2D eigenvalue weighted by Gasteiger charge is -2.39. The molecule has 1 fully saturated rings. The van der Waals surface area contributed by atoms with E-state index in [1.165, 1.54) is 36.2 Å².